The van der Waals surface area contributed by atoms with Gasteiger partial charge in [-0.15, -0.1) is 0 Å². The summed E-state index contributed by atoms with van der Waals surface area (Å²) in [5.74, 6) is 0.388. The number of amides is 1. The quantitative estimate of drug-likeness (QED) is 0.701. The second-order valence-corrected chi connectivity index (χ2v) is 3.60. The second-order valence-electron chi connectivity index (χ2n) is 3.60. The third kappa shape index (κ3) is 2.57. The van der Waals surface area contributed by atoms with E-state index < -0.39 is 0 Å². The maximum Gasteiger partial charge on any atom is 0.237 e. The van der Waals surface area contributed by atoms with Crippen LogP contribution in [0.3, 0.4) is 0 Å². The highest BCUT2D eigenvalue weighted by Crippen LogP contribution is 2.28. The molecule has 0 atom stereocenters. The molecule has 0 bridgehead atoms. The van der Waals surface area contributed by atoms with E-state index in [4.69, 9.17) is 0 Å². The van der Waals surface area contributed by atoms with E-state index in [1.165, 1.54) is 5.56 Å². The van der Waals surface area contributed by atoms with Crippen molar-refractivity contribution in [2.75, 3.05) is 0 Å². The van der Waals surface area contributed by atoms with E-state index in [9.17, 15) is 4.79 Å². The molecule has 0 heterocycles. The van der Waals surface area contributed by atoms with Crippen LogP contribution < -0.4 is 10.9 Å². The number of nitrogens with one attached hydrogen (secondary N) is 2. The maximum absolute atomic E-state index is 11.2. The Morgan fingerprint density at radius 1 is 1.29 bits per heavy atom. The number of benzene rings is 1. The molecule has 1 aliphatic rings. The first-order chi connectivity index (χ1) is 6.86. The summed E-state index contributed by atoms with van der Waals surface area (Å²) in [6.45, 7) is 0.680. The number of hydrazine groups is 1. The van der Waals surface area contributed by atoms with Crippen LogP contribution in [-0.4, -0.2) is 5.91 Å². The average molecular weight is 190 g/mol. The summed E-state index contributed by atoms with van der Waals surface area (Å²) < 4.78 is 0. The third-order valence-electron chi connectivity index (χ3n) is 2.30. The molecular formula is C11H14N2O. The number of carbonyl (C=O) groups is 1. The molecule has 2 rings (SSSR count). The SMILES string of the molecule is O=C(NNCc1ccccc1)C1CC1. The van der Waals surface area contributed by atoms with E-state index in [0.717, 1.165) is 12.8 Å². The van der Waals surface area contributed by atoms with Crippen LogP contribution in [-0.2, 0) is 11.3 Å². The fraction of sp³-hybridized carbons (Fsp3) is 0.364. The topological polar surface area (TPSA) is 41.1 Å². The highest BCUT2D eigenvalue weighted by Gasteiger charge is 2.29. The molecule has 14 heavy (non-hydrogen) atoms. The minimum Gasteiger partial charge on any atom is -0.291 e. The molecule has 1 aliphatic carbocycles. The van der Waals surface area contributed by atoms with Gasteiger partial charge < -0.3 is 0 Å². The van der Waals surface area contributed by atoms with Gasteiger partial charge in [0.25, 0.3) is 0 Å². The first kappa shape index (κ1) is 9.21. The monoisotopic (exact) mass is 190 g/mol. The molecule has 0 spiro atoms. The summed E-state index contributed by atoms with van der Waals surface area (Å²) in [6, 6.07) is 10.00. The minimum atomic E-state index is 0.126. The molecule has 1 fully saturated rings. The van der Waals surface area contributed by atoms with Crippen LogP contribution in [0.1, 0.15) is 18.4 Å². The second kappa shape index (κ2) is 4.24. The van der Waals surface area contributed by atoms with E-state index in [1.807, 2.05) is 30.3 Å². The fourth-order valence-corrected chi connectivity index (χ4v) is 1.28. The lowest BCUT2D eigenvalue weighted by Crippen LogP contribution is -2.37. The highest BCUT2D eigenvalue weighted by molar-refractivity contribution is 5.80. The van der Waals surface area contributed by atoms with Crippen LogP contribution in [0.15, 0.2) is 30.3 Å². The van der Waals surface area contributed by atoms with E-state index in [-0.39, 0.29) is 11.8 Å². The van der Waals surface area contributed by atoms with Crippen molar-refractivity contribution in [1.29, 1.82) is 0 Å². The smallest absolute Gasteiger partial charge is 0.237 e. The Morgan fingerprint density at radius 2 is 2.00 bits per heavy atom. The van der Waals surface area contributed by atoms with Crippen LogP contribution >= 0.6 is 0 Å². The molecule has 3 nitrogen and oxygen atoms in total. The first-order valence-electron chi connectivity index (χ1n) is 4.93. The summed E-state index contributed by atoms with van der Waals surface area (Å²) in [4.78, 5) is 11.2. The number of hydrogen-bond acceptors (Lipinski definition) is 2. The van der Waals surface area contributed by atoms with Crippen molar-refractivity contribution in [3.05, 3.63) is 35.9 Å². The van der Waals surface area contributed by atoms with E-state index in [2.05, 4.69) is 10.9 Å². The molecule has 1 aromatic rings. The molecule has 0 aromatic heterocycles. The maximum atomic E-state index is 11.2. The van der Waals surface area contributed by atoms with Crippen LogP contribution in [0.4, 0.5) is 0 Å². The Bertz CT molecular complexity index is 306. The predicted octanol–water partition coefficient (Wildman–Crippen LogP) is 1.22. The Morgan fingerprint density at radius 3 is 2.64 bits per heavy atom. The van der Waals surface area contributed by atoms with Crippen molar-refractivity contribution in [2.45, 2.75) is 19.4 Å². The van der Waals surface area contributed by atoms with Crippen LogP contribution in [0, 0.1) is 5.92 Å². The van der Waals surface area contributed by atoms with Crippen molar-refractivity contribution in [1.82, 2.24) is 10.9 Å². The zero-order chi connectivity index (χ0) is 9.80. The lowest BCUT2D eigenvalue weighted by molar-refractivity contribution is -0.123. The summed E-state index contributed by atoms with van der Waals surface area (Å²) in [5.41, 5.74) is 6.80. The third-order valence-corrected chi connectivity index (χ3v) is 2.30. The molecule has 3 heteroatoms. The molecule has 0 saturated heterocycles. The first-order valence-corrected chi connectivity index (χ1v) is 4.93. The lowest BCUT2D eigenvalue weighted by Gasteiger charge is -2.05. The van der Waals surface area contributed by atoms with Gasteiger partial charge in [0.1, 0.15) is 0 Å². The van der Waals surface area contributed by atoms with Gasteiger partial charge in [0, 0.05) is 12.5 Å². The molecule has 0 radical (unpaired) electrons. The lowest BCUT2D eigenvalue weighted by atomic mass is 10.2. The summed E-state index contributed by atoms with van der Waals surface area (Å²) in [7, 11) is 0. The minimum absolute atomic E-state index is 0.126. The van der Waals surface area contributed by atoms with E-state index in [1.54, 1.807) is 0 Å². The van der Waals surface area contributed by atoms with Gasteiger partial charge in [-0.05, 0) is 18.4 Å². The van der Waals surface area contributed by atoms with E-state index >= 15 is 0 Å². The molecular weight excluding hydrogens is 176 g/mol. The largest absolute Gasteiger partial charge is 0.291 e. The predicted molar refractivity (Wildman–Crippen MR) is 54.1 cm³/mol. The van der Waals surface area contributed by atoms with Crippen molar-refractivity contribution in [3.8, 4) is 0 Å². The Hall–Kier alpha value is -1.35. The molecule has 1 saturated carbocycles. The molecule has 74 valence electrons. The van der Waals surface area contributed by atoms with Gasteiger partial charge in [-0.3, -0.25) is 10.2 Å². The van der Waals surface area contributed by atoms with Gasteiger partial charge in [-0.1, -0.05) is 30.3 Å². The fourth-order valence-electron chi connectivity index (χ4n) is 1.28. The van der Waals surface area contributed by atoms with Gasteiger partial charge in [-0.25, -0.2) is 5.43 Å². The average Bonchev–Trinajstić information content (AvgIpc) is 3.02. The summed E-state index contributed by atoms with van der Waals surface area (Å²) >= 11 is 0. The van der Waals surface area contributed by atoms with Gasteiger partial charge in [0.2, 0.25) is 5.91 Å². The van der Waals surface area contributed by atoms with E-state index in [0.29, 0.717) is 6.54 Å². The van der Waals surface area contributed by atoms with Gasteiger partial charge >= 0.3 is 0 Å². The molecule has 0 aliphatic heterocycles. The van der Waals surface area contributed by atoms with Crippen molar-refractivity contribution < 1.29 is 4.79 Å². The van der Waals surface area contributed by atoms with Gasteiger partial charge in [0.15, 0.2) is 0 Å². The van der Waals surface area contributed by atoms with Gasteiger partial charge in [0.05, 0.1) is 0 Å². The van der Waals surface area contributed by atoms with Crippen LogP contribution in [0.2, 0.25) is 0 Å². The Labute approximate surface area is 83.5 Å². The highest BCUT2D eigenvalue weighted by atomic mass is 16.2. The molecule has 0 unspecified atom stereocenters. The van der Waals surface area contributed by atoms with Crippen molar-refractivity contribution in [3.63, 3.8) is 0 Å². The Kier molecular flexibility index (Phi) is 2.79. The van der Waals surface area contributed by atoms with Crippen molar-refractivity contribution in [2.24, 2.45) is 5.92 Å². The number of carbonyl (C=O) groups excluding carboxylic acids is 1. The standard InChI is InChI=1S/C11H14N2O/c14-11(10-6-7-10)13-12-8-9-4-2-1-3-5-9/h1-5,10,12H,6-8H2,(H,13,14). The van der Waals surface area contributed by atoms with Crippen LogP contribution in [0.25, 0.3) is 0 Å². The summed E-state index contributed by atoms with van der Waals surface area (Å²) in [5, 5.41) is 0. The molecule has 1 aromatic carbocycles. The normalized spacial score (nSPS) is 15.1. The molecule has 1 amide bonds. The van der Waals surface area contributed by atoms with Gasteiger partial charge in [-0.2, -0.15) is 0 Å². The number of hydrogen-bond donors (Lipinski definition) is 2. The Balaban J connectivity index is 1.70. The van der Waals surface area contributed by atoms with Crippen LogP contribution in [0.5, 0.6) is 0 Å². The molecule has 2 N–H and O–H groups in total. The zero-order valence-electron chi connectivity index (χ0n) is 7.99. The number of rotatable bonds is 4. The summed E-state index contributed by atoms with van der Waals surface area (Å²) in [6.07, 6.45) is 2.08. The van der Waals surface area contributed by atoms with Crippen molar-refractivity contribution >= 4 is 5.91 Å². The zero-order valence-corrected chi connectivity index (χ0v) is 7.99.